The van der Waals surface area contributed by atoms with Crippen LogP contribution in [0.2, 0.25) is 0 Å². The molecule has 7 nitrogen and oxygen atoms in total. The highest BCUT2D eigenvalue weighted by Crippen LogP contribution is 2.19. The van der Waals surface area contributed by atoms with Gasteiger partial charge in [-0.15, -0.1) is 0 Å². The van der Waals surface area contributed by atoms with Crippen molar-refractivity contribution in [3.8, 4) is 0 Å². The number of hydrogen-bond donors (Lipinski definition) is 2. The summed E-state index contributed by atoms with van der Waals surface area (Å²) in [6, 6.07) is 7.37. The van der Waals surface area contributed by atoms with Gasteiger partial charge in [-0.05, 0) is 18.1 Å². The molecule has 0 aliphatic carbocycles. The van der Waals surface area contributed by atoms with Crippen LogP contribution in [0.15, 0.2) is 49.2 Å². The molecule has 3 aromatic rings. The molecule has 0 bridgehead atoms. The molecule has 2 N–H and O–H groups in total. The molecule has 0 fully saturated rings. The molecule has 7 heteroatoms. The van der Waals surface area contributed by atoms with Crippen LogP contribution in [0.25, 0.3) is 10.9 Å². The largest absolute Gasteiger partial charge is 0.361 e. The van der Waals surface area contributed by atoms with Gasteiger partial charge in [-0.3, -0.25) is 9.59 Å². The Morgan fingerprint density at radius 2 is 2.15 bits per heavy atom. The molecule has 0 unspecified atom stereocenters. The molecule has 1 aromatic carbocycles. The molecule has 2 heterocycles. The maximum Gasteiger partial charge on any atom is 0.245 e. The zero-order valence-electron chi connectivity index (χ0n) is 15.7. The van der Waals surface area contributed by atoms with Gasteiger partial charge in [-0.2, -0.15) is 0 Å². The molecule has 2 amide bonds. The number of nitrogens with zero attached hydrogens (tertiary/aromatic N) is 3. The molecule has 142 valence electrons. The minimum atomic E-state index is -0.583. The Morgan fingerprint density at radius 3 is 2.89 bits per heavy atom. The Hall–Kier alpha value is -3.09. The summed E-state index contributed by atoms with van der Waals surface area (Å²) in [7, 11) is 1.78. The third-order valence-corrected chi connectivity index (χ3v) is 4.62. The van der Waals surface area contributed by atoms with Gasteiger partial charge < -0.3 is 19.8 Å². The van der Waals surface area contributed by atoms with E-state index < -0.39 is 6.04 Å². The van der Waals surface area contributed by atoms with Crippen molar-refractivity contribution in [1.29, 1.82) is 0 Å². The van der Waals surface area contributed by atoms with Crippen LogP contribution in [0.3, 0.4) is 0 Å². The fourth-order valence-electron chi connectivity index (χ4n) is 3.25. The maximum atomic E-state index is 12.9. The third kappa shape index (κ3) is 4.75. The van der Waals surface area contributed by atoms with E-state index in [1.54, 1.807) is 24.5 Å². The minimum Gasteiger partial charge on any atom is -0.361 e. The molecule has 0 aliphatic heterocycles. The lowest BCUT2D eigenvalue weighted by Crippen LogP contribution is -2.48. The van der Waals surface area contributed by atoms with E-state index in [1.807, 2.05) is 41.2 Å². The van der Waals surface area contributed by atoms with E-state index in [4.69, 9.17) is 0 Å². The first kappa shape index (κ1) is 18.7. The number of fused-ring (bicyclic) bond motifs is 1. The first-order valence-electron chi connectivity index (χ1n) is 9.07. The summed E-state index contributed by atoms with van der Waals surface area (Å²) in [6.45, 7) is 2.85. The molecule has 27 heavy (non-hydrogen) atoms. The van der Waals surface area contributed by atoms with Gasteiger partial charge in [0.05, 0.1) is 6.33 Å². The van der Waals surface area contributed by atoms with Crippen LogP contribution in [0.4, 0.5) is 0 Å². The van der Waals surface area contributed by atoms with Crippen molar-refractivity contribution in [3.63, 3.8) is 0 Å². The average molecular weight is 367 g/mol. The topological polar surface area (TPSA) is 83.0 Å². The molecule has 2 aromatic heterocycles. The number of likely N-dealkylation sites (N-methyl/N-ethyl adjacent to an activating group) is 1. The molecule has 0 saturated heterocycles. The molecular weight excluding hydrogens is 342 g/mol. The predicted octanol–water partition coefficient (Wildman–Crippen LogP) is 1.96. The van der Waals surface area contributed by atoms with Crippen molar-refractivity contribution in [3.05, 3.63) is 54.7 Å². The summed E-state index contributed by atoms with van der Waals surface area (Å²) >= 11 is 0. The van der Waals surface area contributed by atoms with Crippen LogP contribution in [0.1, 0.15) is 18.9 Å². The average Bonchev–Trinajstić information content (AvgIpc) is 3.30. The number of H-pyrrole nitrogens is 1. The molecular formula is C20H25N5O2. The lowest BCUT2D eigenvalue weighted by Gasteiger charge is -2.24. The Balaban J connectivity index is 1.65. The number of para-hydroxylation sites is 1. The zero-order chi connectivity index (χ0) is 19.2. The predicted molar refractivity (Wildman–Crippen MR) is 104 cm³/mol. The first-order chi connectivity index (χ1) is 13.0. The van der Waals surface area contributed by atoms with Gasteiger partial charge in [0.2, 0.25) is 11.8 Å². The summed E-state index contributed by atoms with van der Waals surface area (Å²) in [4.78, 5) is 33.5. The van der Waals surface area contributed by atoms with E-state index in [9.17, 15) is 9.59 Å². The van der Waals surface area contributed by atoms with Crippen LogP contribution < -0.4 is 5.32 Å². The molecule has 3 rings (SSSR count). The second-order valence-electron chi connectivity index (χ2n) is 6.73. The summed E-state index contributed by atoms with van der Waals surface area (Å²) < 4.78 is 1.98. The van der Waals surface area contributed by atoms with Crippen molar-refractivity contribution in [2.75, 3.05) is 13.6 Å². The van der Waals surface area contributed by atoms with E-state index in [0.29, 0.717) is 13.0 Å². The lowest BCUT2D eigenvalue weighted by atomic mass is 10.0. The van der Waals surface area contributed by atoms with Gasteiger partial charge in [-0.1, -0.05) is 18.2 Å². The minimum absolute atomic E-state index is 0.0823. The van der Waals surface area contributed by atoms with E-state index in [2.05, 4.69) is 15.3 Å². The van der Waals surface area contributed by atoms with Gasteiger partial charge >= 0.3 is 0 Å². The van der Waals surface area contributed by atoms with Crippen LogP contribution in [-0.4, -0.2) is 50.9 Å². The smallest absolute Gasteiger partial charge is 0.245 e. The van der Waals surface area contributed by atoms with Gasteiger partial charge in [0.25, 0.3) is 0 Å². The maximum absolute atomic E-state index is 12.9. The van der Waals surface area contributed by atoms with Crippen LogP contribution in [0.5, 0.6) is 0 Å². The lowest BCUT2D eigenvalue weighted by molar-refractivity contribution is -0.135. The number of imidazole rings is 1. The fourth-order valence-corrected chi connectivity index (χ4v) is 3.25. The fraction of sp³-hybridized carbons (Fsp3) is 0.350. The number of carbonyl (C=O) groups is 2. The standard InChI is InChI=1S/C20H25N5O2/c1-15(26)23-19(12-16-13-22-18-7-4-3-6-17(16)18)20(27)24(2)9-5-10-25-11-8-21-14-25/h3-4,6-8,11,13-14,19,22H,5,9-10,12H2,1-2H3,(H,23,26)/t19-/m0/s1. The SMILES string of the molecule is CC(=O)N[C@@H](Cc1c[nH]c2ccccc12)C(=O)N(C)CCCn1ccnc1. The number of aromatic amines is 1. The van der Waals surface area contributed by atoms with E-state index >= 15 is 0 Å². The summed E-state index contributed by atoms with van der Waals surface area (Å²) in [5.74, 6) is -0.291. The number of carbonyl (C=O) groups excluding carboxylic acids is 2. The summed E-state index contributed by atoms with van der Waals surface area (Å²) in [5, 5.41) is 3.88. The summed E-state index contributed by atoms with van der Waals surface area (Å²) in [5.41, 5.74) is 2.04. The van der Waals surface area contributed by atoms with Crippen LogP contribution in [-0.2, 0) is 22.6 Å². The number of nitrogens with one attached hydrogen (secondary N) is 2. The normalized spacial score (nSPS) is 12.1. The molecule has 0 aliphatic rings. The Bertz CT molecular complexity index is 900. The quantitative estimate of drug-likeness (QED) is 0.638. The van der Waals surface area contributed by atoms with Crippen molar-refractivity contribution in [2.45, 2.75) is 32.4 Å². The number of rotatable bonds is 8. The number of amides is 2. The number of benzene rings is 1. The zero-order valence-corrected chi connectivity index (χ0v) is 15.7. The second kappa shape index (κ2) is 8.53. The Kier molecular flexibility index (Phi) is 5.90. The van der Waals surface area contributed by atoms with E-state index in [-0.39, 0.29) is 11.8 Å². The third-order valence-electron chi connectivity index (χ3n) is 4.62. The van der Waals surface area contributed by atoms with Gasteiger partial charge in [0.15, 0.2) is 0 Å². The van der Waals surface area contributed by atoms with Gasteiger partial charge in [-0.25, -0.2) is 4.98 Å². The number of aromatic nitrogens is 3. The highest BCUT2D eigenvalue weighted by molar-refractivity contribution is 5.89. The molecule has 0 radical (unpaired) electrons. The Labute approximate surface area is 158 Å². The van der Waals surface area contributed by atoms with Crippen molar-refractivity contribution >= 4 is 22.7 Å². The monoisotopic (exact) mass is 367 g/mol. The van der Waals surface area contributed by atoms with E-state index in [1.165, 1.54) is 6.92 Å². The number of hydrogen-bond acceptors (Lipinski definition) is 3. The molecule has 0 saturated carbocycles. The molecule has 0 spiro atoms. The molecule has 1 atom stereocenters. The van der Waals surface area contributed by atoms with E-state index in [0.717, 1.165) is 29.4 Å². The second-order valence-corrected chi connectivity index (χ2v) is 6.73. The van der Waals surface area contributed by atoms with Crippen LogP contribution in [0, 0.1) is 0 Å². The van der Waals surface area contributed by atoms with Crippen molar-refractivity contribution in [1.82, 2.24) is 24.8 Å². The summed E-state index contributed by atoms with van der Waals surface area (Å²) in [6.07, 6.45) is 8.58. The van der Waals surface area contributed by atoms with Gasteiger partial charge in [0, 0.05) is 63.0 Å². The highest BCUT2D eigenvalue weighted by Gasteiger charge is 2.24. The van der Waals surface area contributed by atoms with Crippen LogP contribution >= 0.6 is 0 Å². The van der Waals surface area contributed by atoms with Crippen molar-refractivity contribution < 1.29 is 9.59 Å². The Morgan fingerprint density at radius 1 is 1.33 bits per heavy atom. The van der Waals surface area contributed by atoms with Gasteiger partial charge in [0.1, 0.15) is 6.04 Å². The highest BCUT2D eigenvalue weighted by atomic mass is 16.2. The number of aryl methyl sites for hydroxylation is 1. The van der Waals surface area contributed by atoms with Crippen molar-refractivity contribution in [2.24, 2.45) is 0 Å². The first-order valence-corrected chi connectivity index (χ1v) is 9.07.